The molecule has 0 saturated heterocycles. The molecule has 76 valence electrons. The van der Waals surface area contributed by atoms with Crippen LogP contribution in [-0.4, -0.2) is 28.8 Å². The molecule has 0 fully saturated rings. The van der Waals surface area contributed by atoms with Gasteiger partial charge in [-0.15, -0.1) is 0 Å². The number of hydrogen-bond donors (Lipinski definition) is 2. The molecule has 0 aliphatic carbocycles. The van der Waals surface area contributed by atoms with Gasteiger partial charge in [0.25, 0.3) is 0 Å². The largest absolute Gasteiger partial charge is 2.00 e. The number of H-pyrrole nitrogens is 1. The summed E-state index contributed by atoms with van der Waals surface area (Å²) in [6.45, 7) is 3.41. The molecule has 0 unspecified atom stereocenters. The van der Waals surface area contributed by atoms with Gasteiger partial charge in [0, 0.05) is 12.8 Å². The minimum Gasteiger partial charge on any atom is -0.653 e. The molecule has 0 radical (unpaired) electrons. The van der Waals surface area contributed by atoms with Gasteiger partial charge >= 0.3 is 21.1 Å². The molecular formula is C7H9N3O2SW. The Balaban J connectivity index is 0. The third kappa shape index (κ3) is 9.35. The quantitative estimate of drug-likeness (QED) is 0.457. The van der Waals surface area contributed by atoms with Crippen molar-refractivity contribution in [3.63, 3.8) is 0 Å². The first kappa shape index (κ1) is 15.7. The van der Waals surface area contributed by atoms with Gasteiger partial charge in [0.15, 0.2) is 0 Å². The normalized spacial score (nSPS) is 7.21. The Morgan fingerprint density at radius 2 is 2.50 bits per heavy atom. The van der Waals surface area contributed by atoms with Crippen LogP contribution < -0.4 is 5.32 Å². The number of rotatable bonds is 4. The number of anilines is 1. The van der Waals surface area contributed by atoms with Crippen molar-refractivity contribution in [1.82, 2.24) is 10.2 Å². The molecule has 0 saturated carbocycles. The summed E-state index contributed by atoms with van der Waals surface area (Å²) in [6.07, 6.45) is 1.63. The molecule has 0 aromatic carbocycles. The Morgan fingerprint density at radius 3 is 2.79 bits per heavy atom. The first-order valence-corrected chi connectivity index (χ1v) is 3.87. The molecule has 1 aromatic heterocycles. The van der Waals surface area contributed by atoms with Gasteiger partial charge in [0.1, 0.15) is 0 Å². The number of hydrogen-bond acceptors (Lipinski definition) is 4. The molecule has 1 aromatic rings. The van der Waals surface area contributed by atoms with Crippen molar-refractivity contribution in [2.75, 3.05) is 11.9 Å². The smallest absolute Gasteiger partial charge is 0.653 e. The number of nitrogens with zero attached hydrogens (tertiary/aromatic N) is 1. The van der Waals surface area contributed by atoms with Gasteiger partial charge in [-0.1, -0.05) is 18.0 Å². The van der Waals surface area contributed by atoms with Gasteiger partial charge < -0.3 is 19.9 Å². The Labute approximate surface area is 102 Å². The van der Waals surface area contributed by atoms with E-state index in [-0.39, 0.29) is 21.1 Å². The number of aromatic amines is 1. The standard InChI is InChI=1S/C4H4N3S.C3H5O2.W/c8-3-5-4-1-2-6-7-4;1-2-5-3-4;/h1-2H,(H2,5,6,7,8);2H2,1H3;/q2*-1;+2. The molecule has 1 rings (SSSR count). The van der Waals surface area contributed by atoms with E-state index in [1.807, 2.05) is 0 Å². The molecule has 7 heteroatoms. The van der Waals surface area contributed by atoms with E-state index in [0.717, 1.165) is 5.82 Å². The maximum Gasteiger partial charge on any atom is 2.00 e. The Morgan fingerprint density at radius 1 is 1.79 bits per heavy atom. The van der Waals surface area contributed by atoms with Crippen molar-refractivity contribution in [2.24, 2.45) is 0 Å². The van der Waals surface area contributed by atoms with Crippen LogP contribution in [0, 0.1) is 0 Å². The zero-order chi connectivity index (χ0) is 9.94. The van der Waals surface area contributed by atoms with E-state index in [0.29, 0.717) is 6.61 Å². The summed E-state index contributed by atoms with van der Waals surface area (Å²) in [5, 5.41) is 8.95. The van der Waals surface area contributed by atoms with Crippen molar-refractivity contribution in [1.29, 1.82) is 0 Å². The van der Waals surface area contributed by atoms with Gasteiger partial charge in [-0.05, 0) is 12.7 Å². The van der Waals surface area contributed by atoms with E-state index in [1.54, 1.807) is 19.2 Å². The molecule has 0 aliphatic heterocycles. The number of aromatic nitrogens is 2. The maximum atomic E-state index is 9.06. The molecule has 1 heterocycles. The topological polar surface area (TPSA) is 67.0 Å². The third-order valence-electron chi connectivity index (χ3n) is 0.890. The Bertz CT molecular complexity index is 231. The first-order chi connectivity index (χ1) is 6.35. The van der Waals surface area contributed by atoms with Gasteiger partial charge in [-0.25, -0.2) is 17.3 Å². The van der Waals surface area contributed by atoms with E-state index in [4.69, 9.17) is 4.79 Å². The molecule has 14 heavy (non-hydrogen) atoms. The van der Waals surface area contributed by atoms with E-state index >= 15 is 0 Å². The van der Waals surface area contributed by atoms with E-state index in [1.165, 1.54) is 6.47 Å². The van der Waals surface area contributed by atoms with Crippen LogP contribution in [0.5, 0.6) is 0 Å². The molecular weight excluding hydrogens is 374 g/mol. The predicted octanol–water partition coefficient (Wildman–Crippen LogP) is 0.743. The van der Waals surface area contributed by atoms with Gasteiger partial charge in [0.05, 0.1) is 0 Å². The molecule has 2 N–H and O–H groups in total. The summed E-state index contributed by atoms with van der Waals surface area (Å²) in [4.78, 5) is 9.06. The molecule has 0 bridgehead atoms. The van der Waals surface area contributed by atoms with E-state index in [2.05, 4.69) is 38.0 Å². The summed E-state index contributed by atoms with van der Waals surface area (Å²) in [6, 6.07) is 1.76. The van der Waals surface area contributed by atoms with Crippen molar-refractivity contribution in [3.05, 3.63) is 12.3 Å². The number of nitrogens with one attached hydrogen (secondary N) is 2. The zero-order valence-corrected chi connectivity index (χ0v) is 11.2. The van der Waals surface area contributed by atoms with Crippen LogP contribution in [0.1, 0.15) is 6.92 Å². The Kier molecular flexibility index (Phi) is 13.8. The van der Waals surface area contributed by atoms with Gasteiger partial charge in [-0.2, -0.15) is 0 Å². The summed E-state index contributed by atoms with van der Waals surface area (Å²) in [5.41, 5.74) is 2.33. The van der Waals surface area contributed by atoms with E-state index < -0.39 is 0 Å². The fourth-order valence-electron chi connectivity index (χ4n) is 0.439. The van der Waals surface area contributed by atoms with Gasteiger partial charge in [-0.3, -0.25) is 0 Å². The van der Waals surface area contributed by atoms with Crippen molar-refractivity contribution in [2.45, 2.75) is 6.92 Å². The van der Waals surface area contributed by atoms with Crippen molar-refractivity contribution < 1.29 is 30.6 Å². The average Bonchev–Trinajstić information content (AvgIpc) is 2.60. The zero-order valence-electron chi connectivity index (χ0n) is 7.44. The predicted molar refractivity (Wildman–Crippen MR) is 52.1 cm³/mol. The second-order valence-electron chi connectivity index (χ2n) is 1.71. The SMILES string of the molecule is CCO[C-]=O.S=[C-]Nc1ccn[nH]1.[W+2]. The third-order valence-corrected chi connectivity index (χ3v) is 0.992. The van der Waals surface area contributed by atoms with Crippen molar-refractivity contribution in [3.8, 4) is 0 Å². The van der Waals surface area contributed by atoms with Crippen LogP contribution >= 0.6 is 12.2 Å². The summed E-state index contributed by atoms with van der Waals surface area (Å²) in [5.74, 6) is 0.764. The van der Waals surface area contributed by atoms with Gasteiger partial charge in [0.2, 0.25) is 0 Å². The number of ether oxygens (including phenoxy) is 1. The fourth-order valence-corrected chi connectivity index (χ4v) is 0.549. The van der Waals surface area contributed by atoms with E-state index in [9.17, 15) is 0 Å². The van der Waals surface area contributed by atoms with Crippen LogP contribution in [0.2, 0.25) is 0 Å². The number of carbonyl (C=O) groups excluding carboxylic acids is 1. The fraction of sp³-hybridized carbons (Fsp3) is 0.286. The van der Waals surface area contributed by atoms with Crippen LogP contribution in [0.4, 0.5) is 5.82 Å². The summed E-state index contributed by atoms with van der Waals surface area (Å²) < 4.78 is 4.03. The molecule has 0 amide bonds. The first-order valence-electron chi connectivity index (χ1n) is 3.46. The number of thiocarbonyl (C=S) groups is 1. The van der Waals surface area contributed by atoms with Crippen molar-refractivity contribution >= 4 is 30.0 Å². The minimum absolute atomic E-state index is 0. The molecule has 5 nitrogen and oxygen atoms in total. The average molecular weight is 383 g/mol. The maximum absolute atomic E-state index is 9.06. The molecule has 0 aliphatic rings. The summed E-state index contributed by atoms with van der Waals surface area (Å²) in [7, 11) is 0. The second-order valence-corrected chi connectivity index (χ2v) is 1.92. The van der Waals surface area contributed by atoms with Crippen LogP contribution in [0.15, 0.2) is 12.3 Å². The molecule has 0 atom stereocenters. The monoisotopic (exact) mass is 383 g/mol. The second kappa shape index (κ2) is 12.3. The van der Waals surface area contributed by atoms with Crippen LogP contribution in [-0.2, 0) is 30.6 Å². The summed E-state index contributed by atoms with van der Waals surface area (Å²) >= 11 is 4.39. The molecule has 0 spiro atoms. The minimum atomic E-state index is 0. The van der Waals surface area contributed by atoms with Crippen LogP contribution in [0.3, 0.4) is 0 Å². The Hall–Kier alpha value is -0.742. The van der Waals surface area contributed by atoms with Crippen LogP contribution in [0.25, 0.3) is 0 Å².